The molecule has 2 aromatic carbocycles. The van der Waals surface area contributed by atoms with Crippen molar-refractivity contribution in [3.05, 3.63) is 53.6 Å². The van der Waals surface area contributed by atoms with Crippen LogP contribution in [0.4, 0.5) is 5.69 Å². The molecule has 0 aliphatic carbocycles. The molecule has 0 spiro atoms. The first-order chi connectivity index (χ1) is 11.7. The smallest absolute Gasteiger partial charge is 0.257 e. The molecule has 0 unspecified atom stereocenters. The Morgan fingerprint density at radius 2 is 2.00 bits per heavy atom. The van der Waals surface area contributed by atoms with E-state index in [0.717, 1.165) is 11.3 Å². The van der Waals surface area contributed by atoms with Gasteiger partial charge in [-0.1, -0.05) is 18.2 Å². The zero-order chi connectivity index (χ0) is 17.1. The fourth-order valence-corrected chi connectivity index (χ4v) is 2.84. The molecule has 24 heavy (non-hydrogen) atoms. The summed E-state index contributed by atoms with van der Waals surface area (Å²) in [5, 5.41) is 13.2. The van der Waals surface area contributed by atoms with Crippen molar-refractivity contribution in [3.63, 3.8) is 0 Å². The number of methoxy groups -OCH3 is 2. The molecule has 2 aromatic rings. The lowest BCUT2D eigenvalue weighted by molar-refractivity contribution is 0.0609. The van der Waals surface area contributed by atoms with E-state index in [1.54, 1.807) is 36.3 Å². The number of benzene rings is 2. The lowest BCUT2D eigenvalue weighted by Crippen LogP contribution is -2.44. The van der Waals surface area contributed by atoms with Crippen LogP contribution in [0.5, 0.6) is 11.5 Å². The number of fused-ring (bicyclic) bond motifs is 1. The van der Waals surface area contributed by atoms with Gasteiger partial charge in [-0.3, -0.25) is 4.79 Å². The average molecular weight is 328 g/mol. The summed E-state index contributed by atoms with van der Waals surface area (Å²) in [5.74, 6) is 0.373. The number of phenolic OH excluding ortho intramolecular Hbond substituents is 1. The number of hydrogen-bond acceptors (Lipinski definition) is 5. The summed E-state index contributed by atoms with van der Waals surface area (Å²) in [4.78, 5) is 14.6. The van der Waals surface area contributed by atoms with E-state index in [9.17, 15) is 9.90 Å². The van der Waals surface area contributed by atoms with Gasteiger partial charge in [-0.05, 0) is 29.8 Å². The molecular formula is C18H20N2O4. The van der Waals surface area contributed by atoms with E-state index in [1.165, 1.54) is 7.11 Å². The van der Waals surface area contributed by atoms with Crippen LogP contribution in [0.1, 0.15) is 22.1 Å². The largest absolute Gasteiger partial charge is 0.504 e. The highest BCUT2D eigenvalue weighted by Crippen LogP contribution is 2.36. The van der Waals surface area contributed by atoms with Crippen LogP contribution < -0.4 is 10.1 Å². The number of ether oxygens (including phenoxy) is 2. The molecular weight excluding hydrogens is 308 g/mol. The molecule has 1 atom stereocenters. The third-order valence-corrected chi connectivity index (χ3v) is 4.08. The second kappa shape index (κ2) is 6.80. The summed E-state index contributed by atoms with van der Waals surface area (Å²) in [6.07, 6.45) is -0.364. The molecule has 1 amide bonds. The molecule has 6 nitrogen and oxygen atoms in total. The number of aromatic hydroxyl groups is 1. The molecule has 0 radical (unpaired) electrons. The maximum atomic E-state index is 12.9. The van der Waals surface area contributed by atoms with E-state index in [4.69, 9.17) is 9.47 Å². The van der Waals surface area contributed by atoms with E-state index in [0.29, 0.717) is 24.5 Å². The number of hydrogen-bond donors (Lipinski definition) is 2. The van der Waals surface area contributed by atoms with Gasteiger partial charge in [0.1, 0.15) is 6.17 Å². The van der Waals surface area contributed by atoms with Crippen molar-refractivity contribution in [2.75, 3.05) is 32.7 Å². The van der Waals surface area contributed by atoms with Crippen molar-refractivity contribution in [3.8, 4) is 11.5 Å². The van der Waals surface area contributed by atoms with Crippen LogP contribution in [-0.2, 0) is 4.74 Å². The molecule has 0 saturated carbocycles. The summed E-state index contributed by atoms with van der Waals surface area (Å²) >= 11 is 0. The van der Waals surface area contributed by atoms with Gasteiger partial charge in [0.05, 0.1) is 19.3 Å². The second-order valence-corrected chi connectivity index (χ2v) is 5.52. The minimum absolute atomic E-state index is 0.0570. The van der Waals surface area contributed by atoms with E-state index in [-0.39, 0.29) is 17.8 Å². The van der Waals surface area contributed by atoms with Crippen LogP contribution in [0, 0.1) is 0 Å². The van der Waals surface area contributed by atoms with Gasteiger partial charge in [0, 0.05) is 19.3 Å². The van der Waals surface area contributed by atoms with Gasteiger partial charge in [0.25, 0.3) is 5.91 Å². The Labute approximate surface area is 140 Å². The van der Waals surface area contributed by atoms with Gasteiger partial charge in [0.15, 0.2) is 11.5 Å². The normalized spacial score (nSPS) is 16.5. The SMILES string of the molecule is COCCN1C(=O)c2ccccc2N[C@@H]1c1ccc(O)c(OC)c1. The van der Waals surface area contributed by atoms with Gasteiger partial charge in [0.2, 0.25) is 0 Å². The topological polar surface area (TPSA) is 71.0 Å². The quantitative estimate of drug-likeness (QED) is 0.883. The number of carbonyl (C=O) groups excluding carboxylic acids is 1. The highest BCUT2D eigenvalue weighted by atomic mass is 16.5. The highest BCUT2D eigenvalue weighted by molar-refractivity contribution is 6.01. The summed E-state index contributed by atoms with van der Waals surface area (Å²) in [6.45, 7) is 0.881. The molecule has 3 rings (SSSR count). The molecule has 0 saturated heterocycles. The zero-order valence-electron chi connectivity index (χ0n) is 13.7. The molecule has 126 valence electrons. The minimum Gasteiger partial charge on any atom is -0.504 e. The highest BCUT2D eigenvalue weighted by Gasteiger charge is 2.32. The number of phenols is 1. The fraction of sp³-hybridized carbons (Fsp3) is 0.278. The number of anilines is 1. The summed E-state index contributed by atoms with van der Waals surface area (Å²) in [5.41, 5.74) is 2.24. The van der Waals surface area contributed by atoms with E-state index in [1.807, 2.05) is 18.2 Å². The van der Waals surface area contributed by atoms with Crippen molar-refractivity contribution in [2.45, 2.75) is 6.17 Å². The Hall–Kier alpha value is -2.73. The predicted molar refractivity (Wildman–Crippen MR) is 90.4 cm³/mol. The number of rotatable bonds is 5. The van der Waals surface area contributed by atoms with Crippen LogP contribution in [0.15, 0.2) is 42.5 Å². The summed E-state index contributed by atoms with van der Waals surface area (Å²) < 4.78 is 10.3. The predicted octanol–water partition coefficient (Wildman–Crippen LogP) is 2.61. The number of nitrogens with one attached hydrogen (secondary N) is 1. The third kappa shape index (κ3) is 2.88. The lowest BCUT2D eigenvalue weighted by Gasteiger charge is -2.38. The molecule has 0 bridgehead atoms. The van der Waals surface area contributed by atoms with E-state index >= 15 is 0 Å². The Bertz CT molecular complexity index is 748. The summed E-state index contributed by atoms with van der Waals surface area (Å²) in [6, 6.07) is 12.5. The standard InChI is InChI=1S/C18H20N2O4/c1-23-10-9-20-17(12-7-8-15(21)16(11-12)24-2)19-14-6-4-3-5-13(14)18(20)22/h3-8,11,17,19,21H,9-10H2,1-2H3/t17-/m0/s1. The zero-order valence-corrected chi connectivity index (χ0v) is 13.7. The number of nitrogens with zero attached hydrogens (tertiary/aromatic N) is 1. The minimum atomic E-state index is -0.364. The Kier molecular flexibility index (Phi) is 4.57. The van der Waals surface area contributed by atoms with Gasteiger partial charge < -0.3 is 24.8 Å². The summed E-state index contributed by atoms with van der Waals surface area (Å²) in [7, 11) is 3.10. The van der Waals surface area contributed by atoms with Gasteiger partial charge in [-0.25, -0.2) is 0 Å². The molecule has 2 N–H and O–H groups in total. The average Bonchev–Trinajstić information content (AvgIpc) is 2.61. The molecule has 1 heterocycles. The van der Waals surface area contributed by atoms with Gasteiger partial charge in [-0.15, -0.1) is 0 Å². The van der Waals surface area contributed by atoms with Crippen LogP contribution in [-0.4, -0.2) is 43.3 Å². The maximum absolute atomic E-state index is 12.9. The molecule has 6 heteroatoms. The first-order valence-electron chi connectivity index (χ1n) is 7.68. The molecule has 0 aromatic heterocycles. The monoisotopic (exact) mass is 328 g/mol. The van der Waals surface area contributed by atoms with Crippen LogP contribution in [0.25, 0.3) is 0 Å². The third-order valence-electron chi connectivity index (χ3n) is 4.08. The molecule has 1 aliphatic rings. The van der Waals surface area contributed by atoms with Crippen molar-refractivity contribution in [1.29, 1.82) is 0 Å². The number of amides is 1. The Morgan fingerprint density at radius 1 is 1.21 bits per heavy atom. The van der Waals surface area contributed by atoms with Crippen molar-refractivity contribution in [1.82, 2.24) is 4.90 Å². The van der Waals surface area contributed by atoms with Crippen LogP contribution >= 0.6 is 0 Å². The molecule has 0 fully saturated rings. The number of carbonyl (C=O) groups is 1. The van der Waals surface area contributed by atoms with Crippen LogP contribution in [0.2, 0.25) is 0 Å². The maximum Gasteiger partial charge on any atom is 0.257 e. The Morgan fingerprint density at radius 3 is 2.75 bits per heavy atom. The van der Waals surface area contributed by atoms with Crippen molar-refractivity contribution in [2.24, 2.45) is 0 Å². The van der Waals surface area contributed by atoms with Crippen LogP contribution in [0.3, 0.4) is 0 Å². The van der Waals surface area contributed by atoms with E-state index < -0.39 is 0 Å². The first kappa shape index (κ1) is 16.1. The first-order valence-corrected chi connectivity index (χ1v) is 7.68. The fourth-order valence-electron chi connectivity index (χ4n) is 2.84. The Balaban J connectivity index is 2.02. The lowest BCUT2D eigenvalue weighted by atomic mass is 10.0. The van der Waals surface area contributed by atoms with E-state index in [2.05, 4.69) is 5.32 Å². The van der Waals surface area contributed by atoms with Gasteiger partial charge >= 0.3 is 0 Å². The van der Waals surface area contributed by atoms with Crippen molar-refractivity contribution >= 4 is 11.6 Å². The number of para-hydroxylation sites is 1. The van der Waals surface area contributed by atoms with Crippen molar-refractivity contribution < 1.29 is 19.4 Å². The molecule has 1 aliphatic heterocycles. The second-order valence-electron chi connectivity index (χ2n) is 5.52. The van der Waals surface area contributed by atoms with Gasteiger partial charge in [-0.2, -0.15) is 0 Å².